The minimum absolute atomic E-state index is 0.923. The number of aromatic nitrogens is 4. The van der Waals surface area contributed by atoms with Gasteiger partial charge in [-0.3, -0.25) is 0 Å². The lowest BCUT2D eigenvalue weighted by atomic mass is 9.86. The van der Waals surface area contributed by atoms with Crippen LogP contribution in [0.25, 0.3) is 264 Å². The Morgan fingerprint density at radius 2 is 0.280 bits per heavy atom. The van der Waals surface area contributed by atoms with Crippen molar-refractivity contribution >= 4 is 130 Å². The molecule has 0 saturated carbocycles. The molecule has 0 aliphatic rings. The molecule has 0 bridgehead atoms. The Labute approximate surface area is 763 Å². The normalized spacial score (nSPS) is 11.6. The zero-order valence-corrected chi connectivity index (χ0v) is 72.0. The third kappa shape index (κ3) is 13.6. The Balaban J connectivity index is 0.000000142. The van der Waals surface area contributed by atoms with Crippen molar-refractivity contribution in [1.29, 1.82) is 0 Å². The molecule has 0 atom stereocenters. The van der Waals surface area contributed by atoms with Crippen LogP contribution in [-0.2, 0) is 0 Å². The second-order valence-corrected chi connectivity index (χ2v) is 34.5. The van der Waals surface area contributed by atoms with Crippen molar-refractivity contribution in [3.05, 3.63) is 485 Å². The lowest BCUT2D eigenvalue weighted by Crippen LogP contribution is -1.95. The monoisotopic (exact) mass is 1670 g/mol. The maximum absolute atomic E-state index is 5.65. The first-order chi connectivity index (χ1) is 65.4. The quantitative estimate of drug-likeness (QED) is 0.114. The third-order valence-electron chi connectivity index (χ3n) is 26.8. The minimum atomic E-state index is 0.923. The molecule has 0 saturated heterocycles. The van der Waals surface area contributed by atoms with Crippen molar-refractivity contribution in [2.45, 2.75) is 0 Å². The number of hydrogen-bond donors (Lipinski definition) is 0. The number of benzene rings is 22. The molecule has 0 radical (unpaired) electrons. The standard InChI is InChI=1S/2C64H40N2/c1-3-17-42(18-4-1)61-37-47(38-62(65-61)43-19-5-2-6-20-43)41-31-33-44(34-32-41)63-40-59(57-36-46-22-8-10-24-49(46)51-26-12-14-28-53(51)57)60-39-58(54-29-15-16-30-55(54)64(60)66-63)56-35-45-21-7-9-23-48(45)50-25-11-13-27-52(50)56;1-3-17-41(18-4-1)47-37-61(42-19-5-2-6-20-42)65-62(38-47)43-31-33-44(34-32-43)63-40-59(57-36-46-22-8-10-24-49(46)51-26-12-14-28-53(51)57)60-39-58(54-29-15-16-30-55(54)64(60)66-63)56-35-45-21-7-9-23-48(45)50-25-11-13-27-52(50)56/h2*1-40H. The summed E-state index contributed by atoms with van der Waals surface area (Å²) in [4.78, 5) is 21.7. The van der Waals surface area contributed by atoms with Crippen molar-refractivity contribution in [1.82, 2.24) is 19.9 Å². The first-order valence-corrected chi connectivity index (χ1v) is 45.3. The molecule has 0 spiro atoms. The van der Waals surface area contributed by atoms with Gasteiger partial charge in [0, 0.05) is 54.9 Å². The molecule has 612 valence electrons. The fourth-order valence-corrected chi connectivity index (χ4v) is 20.5. The van der Waals surface area contributed by atoms with Crippen molar-refractivity contribution in [3.63, 3.8) is 0 Å². The van der Waals surface area contributed by atoms with Crippen LogP contribution in [0.4, 0.5) is 0 Å². The van der Waals surface area contributed by atoms with Gasteiger partial charge in [-0.25, -0.2) is 19.9 Å². The van der Waals surface area contributed by atoms with E-state index in [0.717, 1.165) is 134 Å². The van der Waals surface area contributed by atoms with Gasteiger partial charge >= 0.3 is 0 Å². The van der Waals surface area contributed by atoms with E-state index >= 15 is 0 Å². The summed E-state index contributed by atoms with van der Waals surface area (Å²) in [6.45, 7) is 0. The summed E-state index contributed by atoms with van der Waals surface area (Å²) in [7, 11) is 0. The fourth-order valence-electron chi connectivity index (χ4n) is 20.5. The van der Waals surface area contributed by atoms with Crippen LogP contribution < -0.4 is 0 Å². The van der Waals surface area contributed by atoms with Crippen molar-refractivity contribution in [2.24, 2.45) is 0 Å². The zero-order valence-electron chi connectivity index (χ0n) is 72.0. The molecule has 4 heteroatoms. The Kier molecular flexibility index (Phi) is 18.9. The number of hydrogen-bond acceptors (Lipinski definition) is 4. The summed E-state index contributed by atoms with van der Waals surface area (Å²) < 4.78 is 0. The molecule has 4 heterocycles. The second kappa shape index (κ2) is 32.5. The predicted molar refractivity (Wildman–Crippen MR) is 559 cm³/mol. The van der Waals surface area contributed by atoms with Crippen LogP contribution in [-0.4, -0.2) is 19.9 Å². The second-order valence-electron chi connectivity index (χ2n) is 34.5. The molecule has 0 aliphatic carbocycles. The third-order valence-corrected chi connectivity index (χ3v) is 26.8. The van der Waals surface area contributed by atoms with Gasteiger partial charge < -0.3 is 0 Å². The number of rotatable bonds is 12. The highest BCUT2D eigenvalue weighted by atomic mass is 14.7. The van der Waals surface area contributed by atoms with Gasteiger partial charge in [0.25, 0.3) is 0 Å². The minimum Gasteiger partial charge on any atom is -0.248 e. The van der Waals surface area contributed by atoms with Gasteiger partial charge in [0.15, 0.2) is 0 Å². The van der Waals surface area contributed by atoms with Crippen molar-refractivity contribution < 1.29 is 0 Å². The molecule has 22 aromatic carbocycles. The summed E-state index contributed by atoms with van der Waals surface area (Å²) in [5.41, 5.74) is 28.1. The summed E-state index contributed by atoms with van der Waals surface area (Å²) in [5.74, 6) is 0. The SMILES string of the molecule is c1ccc(-c2cc(-c3ccc(-c4cc(-c5cc6ccccc6c6ccccc56)c5cc(-c6cc7ccccc7c7ccccc67)c6ccccc6c5n4)cc3)cc(-c3ccccc3)n2)cc1.c1ccc(-c2cc(-c3ccccc3)nc(-c3ccc(-c4cc(-c5cc6ccccc6c6ccccc56)c5cc(-c6cc7ccccc7c7ccccc67)c6ccccc6c5n4)cc3)c2)cc1. The molecule has 0 amide bonds. The highest BCUT2D eigenvalue weighted by Crippen LogP contribution is 2.50. The summed E-state index contributed by atoms with van der Waals surface area (Å²) in [5, 5.41) is 26.7. The Bertz CT molecular complexity index is 8460. The maximum Gasteiger partial charge on any atom is 0.0794 e. The maximum atomic E-state index is 5.65. The van der Waals surface area contributed by atoms with Gasteiger partial charge in [0.05, 0.1) is 45.2 Å². The van der Waals surface area contributed by atoms with Crippen molar-refractivity contribution in [2.75, 3.05) is 0 Å². The van der Waals surface area contributed by atoms with E-state index in [0.29, 0.717) is 0 Å². The molecule has 4 aromatic heterocycles. The van der Waals surface area contributed by atoms with Crippen LogP contribution in [0.2, 0.25) is 0 Å². The molecular formula is C128H80N4. The Morgan fingerprint density at radius 1 is 0.0985 bits per heavy atom. The van der Waals surface area contributed by atoms with Crippen LogP contribution in [0.1, 0.15) is 0 Å². The molecule has 132 heavy (non-hydrogen) atoms. The van der Waals surface area contributed by atoms with Crippen LogP contribution in [0.3, 0.4) is 0 Å². The van der Waals surface area contributed by atoms with Gasteiger partial charge in [0.1, 0.15) is 0 Å². The van der Waals surface area contributed by atoms with Crippen LogP contribution >= 0.6 is 0 Å². The predicted octanol–water partition coefficient (Wildman–Crippen LogP) is 34.8. The van der Waals surface area contributed by atoms with Crippen LogP contribution in [0, 0.1) is 0 Å². The molecule has 26 rings (SSSR count). The molecule has 4 nitrogen and oxygen atoms in total. The van der Waals surface area contributed by atoms with Gasteiger partial charge in [-0.05, 0) is 237 Å². The Morgan fingerprint density at radius 3 is 0.561 bits per heavy atom. The van der Waals surface area contributed by atoms with Gasteiger partial charge in [-0.2, -0.15) is 0 Å². The molecule has 0 fully saturated rings. The van der Waals surface area contributed by atoms with Crippen LogP contribution in [0.15, 0.2) is 485 Å². The van der Waals surface area contributed by atoms with Crippen molar-refractivity contribution in [3.8, 4) is 134 Å². The summed E-state index contributed by atoms with van der Waals surface area (Å²) in [6, 6.07) is 176. The zero-order chi connectivity index (χ0) is 87.1. The van der Waals surface area contributed by atoms with E-state index in [2.05, 4.69) is 467 Å². The topological polar surface area (TPSA) is 51.6 Å². The molecule has 26 aromatic rings. The van der Waals surface area contributed by atoms with E-state index in [1.54, 1.807) is 0 Å². The average molecular weight is 1670 g/mol. The first kappa shape index (κ1) is 76.9. The number of nitrogens with zero attached hydrogens (tertiary/aromatic N) is 4. The number of fused-ring (bicyclic) bond motifs is 18. The van der Waals surface area contributed by atoms with E-state index in [1.165, 1.54) is 130 Å². The summed E-state index contributed by atoms with van der Waals surface area (Å²) >= 11 is 0. The van der Waals surface area contributed by atoms with E-state index in [4.69, 9.17) is 19.9 Å². The molecular weight excluding hydrogens is 1590 g/mol. The molecule has 0 unspecified atom stereocenters. The van der Waals surface area contributed by atoms with Gasteiger partial charge in [0.2, 0.25) is 0 Å². The largest absolute Gasteiger partial charge is 0.248 e. The lowest BCUT2D eigenvalue weighted by molar-refractivity contribution is 1.32. The smallest absolute Gasteiger partial charge is 0.0794 e. The molecule has 0 N–H and O–H groups in total. The van der Waals surface area contributed by atoms with E-state index < -0.39 is 0 Å². The van der Waals surface area contributed by atoms with E-state index in [1.807, 2.05) is 18.2 Å². The summed E-state index contributed by atoms with van der Waals surface area (Å²) in [6.07, 6.45) is 0. The highest BCUT2D eigenvalue weighted by molar-refractivity contribution is 6.26. The molecule has 0 aliphatic heterocycles. The van der Waals surface area contributed by atoms with E-state index in [-0.39, 0.29) is 0 Å². The lowest BCUT2D eigenvalue weighted by Gasteiger charge is -2.19. The first-order valence-electron chi connectivity index (χ1n) is 45.3. The van der Waals surface area contributed by atoms with Gasteiger partial charge in [-0.1, -0.05) is 413 Å². The Hall–Kier alpha value is -17.4. The average Bonchev–Trinajstić information content (AvgIpc) is 0.723. The highest BCUT2D eigenvalue weighted by Gasteiger charge is 2.25. The fraction of sp³-hybridized carbons (Fsp3) is 0. The number of pyridine rings is 4. The van der Waals surface area contributed by atoms with E-state index in [9.17, 15) is 0 Å². The van der Waals surface area contributed by atoms with Gasteiger partial charge in [-0.15, -0.1) is 0 Å². The van der Waals surface area contributed by atoms with Crippen LogP contribution in [0.5, 0.6) is 0 Å².